The lowest BCUT2D eigenvalue weighted by molar-refractivity contribution is 0.0159. The Labute approximate surface area is 198 Å². The number of pyridine rings is 2. The number of aromatic nitrogens is 3. The Hall–Kier alpha value is -3.69. The molecule has 9 nitrogen and oxygen atoms in total. The highest BCUT2D eigenvalue weighted by Crippen LogP contribution is 2.22. The Morgan fingerprint density at radius 1 is 1.26 bits per heavy atom. The van der Waals surface area contributed by atoms with E-state index >= 15 is 0 Å². The van der Waals surface area contributed by atoms with E-state index in [1.165, 1.54) is 6.07 Å². The first-order valence-electron chi connectivity index (χ1n) is 11.2. The lowest BCUT2D eigenvalue weighted by Crippen LogP contribution is -2.55. The van der Waals surface area contributed by atoms with Crippen molar-refractivity contribution in [2.75, 3.05) is 29.9 Å². The zero-order valence-corrected chi connectivity index (χ0v) is 20.1. The lowest BCUT2D eigenvalue weighted by Gasteiger charge is -2.41. The van der Waals surface area contributed by atoms with Gasteiger partial charge in [0.25, 0.3) is 0 Å². The van der Waals surface area contributed by atoms with Gasteiger partial charge in [0.15, 0.2) is 11.5 Å². The van der Waals surface area contributed by atoms with Gasteiger partial charge in [-0.05, 0) is 52.8 Å². The SMILES string of the molecule is Cc1cn2cc(C(=N)Nc3ccc(N4CCN(C(=O)OC(C)(C)C)[C@@H](C)C4)cn3)cc(F)c2n1. The Morgan fingerprint density at radius 3 is 2.68 bits per heavy atom. The second-order valence-corrected chi connectivity index (χ2v) is 9.56. The maximum absolute atomic E-state index is 14.3. The van der Waals surface area contributed by atoms with Crippen LogP contribution in [0.1, 0.15) is 39.0 Å². The zero-order valence-electron chi connectivity index (χ0n) is 20.1. The number of aryl methyl sites for hydroxylation is 1. The molecule has 0 aromatic carbocycles. The number of anilines is 2. The Morgan fingerprint density at radius 2 is 2.03 bits per heavy atom. The molecule has 0 spiro atoms. The van der Waals surface area contributed by atoms with Crippen LogP contribution in [0.4, 0.5) is 20.7 Å². The molecule has 1 aliphatic rings. The van der Waals surface area contributed by atoms with E-state index in [1.54, 1.807) is 40.9 Å². The highest BCUT2D eigenvalue weighted by molar-refractivity contribution is 6.05. The van der Waals surface area contributed by atoms with E-state index in [1.807, 2.05) is 33.8 Å². The minimum atomic E-state index is -0.524. The van der Waals surface area contributed by atoms with Crippen molar-refractivity contribution in [3.8, 4) is 0 Å². The number of hydrogen-bond donors (Lipinski definition) is 2. The van der Waals surface area contributed by atoms with Gasteiger partial charge in [-0.3, -0.25) is 5.41 Å². The number of piperazine rings is 1. The summed E-state index contributed by atoms with van der Waals surface area (Å²) >= 11 is 0. The van der Waals surface area contributed by atoms with Crippen LogP contribution < -0.4 is 10.2 Å². The smallest absolute Gasteiger partial charge is 0.410 e. The summed E-state index contributed by atoms with van der Waals surface area (Å²) in [4.78, 5) is 24.9. The third-order valence-electron chi connectivity index (χ3n) is 5.54. The van der Waals surface area contributed by atoms with Crippen molar-refractivity contribution in [3.05, 3.63) is 53.9 Å². The Bertz CT molecular complexity index is 1220. The fraction of sp³-hybridized carbons (Fsp3) is 0.417. The van der Waals surface area contributed by atoms with Gasteiger partial charge in [0, 0.05) is 43.6 Å². The molecule has 3 aromatic heterocycles. The van der Waals surface area contributed by atoms with Gasteiger partial charge in [-0.2, -0.15) is 0 Å². The number of hydrogen-bond acceptors (Lipinski definition) is 6. The molecule has 10 heteroatoms. The molecule has 1 amide bonds. The molecule has 0 bridgehead atoms. The molecule has 1 saturated heterocycles. The van der Waals surface area contributed by atoms with Crippen LogP contribution in [0.5, 0.6) is 0 Å². The molecule has 180 valence electrons. The van der Waals surface area contributed by atoms with Gasteiger partial charge in [-0.25, -0.2) is 19.2 Å². The molecular formula is C24H30FN7O2. The summed E-state index contributed by atoms with van der Waals surface area (Å²) in [5.41, 5.74) is 1.73. The number of amidine groups is 1. The predicted molar refractivity (Wildman–Crippen MR) is 129 cm³/mol. The quantitative estimate of drug-likeness (QED) is 0.445. The Balaban J connectivity index is 1.39. The Kier molecular flexibility index (Phi) is 6.16. The fourth-order valence-electron chi connectivity index (χ4n) is 3.95. The van der Waals surface area contributed by atoms with Crippen molar-refractivity contribution in [2.45, 2.75) is 46.3 Å². The van der Waals surface area contributed by atoms with Crippen LogP contribution >= 0.6 is 0 Å². The summed E-state index contributed by atoms with van der Waals surface area (Å²) in [6, 6.07) is 4.98. The summed E-state index contributed by atoms with van der Waals surface area (Å²) in [5, 5.41) is 11.3. The van der Waals surface area contributed by atoms with Crippen LogP contribution in [-0.4, -0.2) is 62.5 Å². The van der Waals surface area contributed by atoms with Crippen LogP contribution in [0.3, 0.4) is 0 Å². The van der Waals surface area contributed by atoms with E-state index in [0.29, 0.717) is 36.7 Å². The zero-order chi connectivity index (χ0) is 24.6. The average molecular weight is 468 g/mol. The molecule has 2 N–H and O–H groups in total. The first kappa shape index (κ1) is 23.5. The first-order chi connectivity index (χ1) is 16.0. The van der Waals surface area contributed by atoms with E-state index in [-0.39, 0.29) is 23.6 Å². The number of carbonyl (C=O) groups is 1. The summed E-state index contributed by atoms with van der Waals surface area (Å²) in [6.07, 6.45) is 4.81. The highest BCUT2D eigenvalue weighted by atomic mass is 19.1. The summed E-state index contributed by atoms with van der Waals surface area (Å²) in [5.74, 6) is 0.0311. The van der Waals surface area contributed by atoms with Gasteiger partial charge < -0.3 is 24.3 Å². The number of carbonyl (C=O) groups excluding carboxylic acids is 1. The summed E-state index contributed by atoms with van der Waals surface area (Å²) < 4.78 is 21.4. The van der Waals surface area contributed by atoms with Crippen LogP contribution in [0, 0.1) is 18.2 Å². The van der Waals surface area contributed by atoms with Crippen LogP contribution in [-0.2, 0) is 4.74 Å². The van der Waals surface area contributed by atoms with Gasteiger partial charge in [0.2, 0.25) is 0 Å². The summed E-state index contributed by atoms with van der Waals surface area (Å²) in [7, 11) is 0. The first-order valence-corrected chi connectivity index (χ1v) is 11.2. The second-order valence-electron chi connectivity index (χ2n) is 9.56. The van der Waals surface area contributed by atoms with E-state index in [0.717, 1.165) is 5.69 Å². The van der Waals surface area contributed by atoms with Crippen LogP contribution in [0.25, 0.3) is 5.65 Å². The minimum Gasteiger partial charge on any atom is -0.444 e. The van der Waals surface area contributed by atoms with Crippen molar-refractivity contribution in [2.24, 2.45) is 0 Å². The molecule has 4 heterocycles. The number of amides is 1. The van der Waals surface area contributed by atoms with E-state index in [4.69, 9.17) is 10.1 Å². The maximum atomic E-state index is 14.3. The number of nitrogens with zero attached hydrogens (tertiary/aromatic N) is 5. The van der Waals surface area contributed by atoms with Crippen LogP contribution in [0.15, 0.2) is 36.8 Å². The van der Waals surface area contributed by atoms with E-state index in [9.17, 15) is 9.18 Å². The minimum absolute atomic E-state index is 0.00814. The fourth-order valence-corrected chi connectivity index (χ4v) is 3.95. The topological polar surface area (TPSA) is 98.9 Å². The maximum Gasteiger partial charge on any atom is 0.410 e. The highest BCUT2D eigenvalue weighted by Gasteiger charge is 2.31. The molecular weight excluding hydrogens is 437 g/mol. The third kappa shape index (κ3) is 5.11. The van der Waals surface area contributed by atoms with Crippen molar-refractivity contribution < 1.29 is 13.9 Å². The number of fused-ring (bicyclic) bond motifs is 1. The van der Waals surface area contributed by atoms with Gasteiger partial charge >= 0.3 is 6.09 Å². The number of halogens is 1. The van der Waals surface area contributed by atoms with Gasteiger partial charge in [0.05, 0.1) is 17.6 Å². The molecule has 0 saturated carbocycles. The molecule has 1 atom stereocenters. The predicted octanol–water partition coefficient (Wildman–Crippen LogP) is 4.06. The molecule has 34 heavy (non-hydrogen) atoms. The molecule has 0 unspecified atom stereocenters. The monoisotopic (exact) mass is 467 g/mol. The van der Waals surface area contributed by atoms with Gasteiger partial charge in [0.1, 0.15) is 17.3 Å². The van der Waals surface area contributed by atoms with Crippen molar-refractivity contribution in [1.82, 2.24) is 19.3 Å². The molecule has 0 aliphatic carbocycles. The second kappa shape index (κ2) is 8.92. The largest absolute Gasteiger partial charge is 0.444 e. The van der Waals surface area contributed by atoms with Crippen LogP contribution in [0.2, 0.25) is 0 Å². The van der Waals surface area contributed by atoms with E-state index in [2.05, 4.69) is 20.2 Å². The van der Waals surface area contributed by atoms with E-state index < -0.39 is 11.4 Å². The molecule has 1 aliphatic heterocycles. The summed E-state index contributed by atoms with van der Waals surface area (Å²) in [6.45, 7) is 11.3. The average Bonchev–Trinajstić information content (AvgIpc) is 3.13. The third-order valence-corrected chi connectivity index (χ3v) is 5.54. The normalized spacial score (nSPS) is 16.6. The number of imidazole rings is 1. The number of nitrogens with one attached hydrogen (secondary N) is 2. The van der Waals surface area contributed by atoms with Crippen molar-refractivity contribution in [1.29, 1.82) is 5.41 Å². The number of rotatable bonds is 3. The molecule has 0 radical (unpaired) electrons. The van der Waals surface area contributed by atoms with Crippen molar-refractivity contribution in [3.63, 3.8) is 0 Å². The molecule has 4 rings (SSSR count). The van der Waals surface area contributed by atoms with Crippen molar-refractivity contribution >= 4 is 29.1 Å². The molecule has 1 fully saturated rings. The van der Waals surface area contributed by atoms with Gasteiger partial charge in [-0.15, -0.1) is 0 Å². The molecule has 3 aromatic rings. The number of ether oxygens (including phenoxy) is 1. The van der Waals surface area contributed by atoms with Gasteiger partial charge in [-0.1, -0.05) is 0 Å². The standard InChI is InChI=1S/C24H30FN7O2/c1-15-12-31-14-17(10-19(25)22(31)28-15)21(26)29-20-7-6-18(11-27-20)30-8-9-32(16(2)13-30)23(33)34-24(3,4)5/h6-7,10-12,14,16H,8-9,13H2,1-5H3,(H2,26,27,29)/t16-/m0/s1. The lowest BCUT2D eigenvalue weighted by atomic mass is 10.1.